The molecule has 1 aliphatic rings. The minimum Gasteiger partial charge on any atom is -0.350 e. The number of hydrogen-bond donors (Lipinski definition) is 1. The second kappa shape index (κ2) is 4.56. The molecule has 1 aromatic heterocycles. The Morgan fingerprint density at radius 3 is 2.88 bits per heavy atom. The summed E-state index contributed by atoms with van der Waals surface area (Å²) in [5.74, 6) is -0.120. The molecule has 1 fully saturated rings. The van der Waals surface area contributed by atoms with E-state index in [2.05, 4.69) is 27.3 Å². The first kappa shape index (κ1) is 11.6. The molecule has 1 aromatic rings. The molecule has 2 rings (SSSR count). The molecular weight excluding hydrogens is 288 g/mol. The van der Waals surface area contributed by atoms with E-state index in [-0.39, 0.29) is 5.91 Å². The highest BCUT2D eigenvalue weighted by molar-refractivity contribution is 9.10. The quantitative estimate of drug-likeness (QED) is 0.933. The van der Waals surface area contributed by atoms with Crippen LogP contribution in [0.4, 0.5) is 0 Å². The van der Waals surface area contributed by atoms with Gasteiger partial charge in [0.1, 0.15) is 5.41 Å². The van der Waals surface area contributed by atoms with Crippen molar-refractivity contribution in [2.75, 3.05) is 0 Å². The van der Waals surface area contributed by atoms with Crippen molar-refractivity contribution in [1.82, 2.24) is 5.32 Å². The first-order chi connectivity index (χ1) is 7.66. The molecule has 0 unspecified atom stereocenters. The van der Waals surface area contributed by atoms with E-state index in [9.17, 15) is 4.79 Å². The fourth-order valence-electron chi connectivity index (χ4n) is 1.70. The number of nitriles is 1. The molecule has 0 radical (unpaired) electrons. The molecule has 1 aliphatic carbocycles. The van der Waals surface area contributed by atoms with Crippen molar-refractivity contribution in [2.45, 2.75) is 25.8 Å². The maximum Gasteiger partial charge on any atom is 0.240 e. The number of amides is 1. The summed E-state index contributed by atoms with van der Waals surface area (Å²) in [4.78, 5) is 12.9. The molecule has 0 spiro atoms. The van der Waals surface area contributed by atoms with Gasteiger partial charge in [0.2, 0.25) is 5.91 Å². The maximum absolute atomic E-state index is 11.8. The highest BCUT2D eigenvalue weighted by atomic mass is 79.9. The Morgan fingerprint density at radius 2 is 2.44 bits per heavy atom. The normalized spacial score (nSPS) is 17.2. The largest absolute Gasteiger partial charge is 0.350 e. The van der Waals surface area contributed by atoms with Crippen LogP contribution in [0.5, 0.6) is 0 Å². The van der Waals surface area contributed by atoms with Crippen molar-refractivity contribution in [3.63, 3.8) is 0 Å². The summed E-state index contributed by atoms with van der Waals surface area (Å²) in [6, 6.07) is 4.12. The van der Waals surface area contributed by atoms with Crippen LogP contribution in [0.25, 0.3) is 0 Å². The molecule has 0 atom stereocenters. The highest BCUT2D eigenvalue weighted by Crippen LogP contribution is 2.40. The van der Waals surface area contributed by atoms with Crippen LogP contribution in [0.15, 0.2) is 15.9 Å². The Kier molecular flexibility index (Phi) is 3.31. The predicted octanol–water partition coefficient (Wildman–Crippen LogP) is 2.82. The van der Waals surface area contributed by atoms with Crippen LogP contribution in [0.1, 0.15) is 24.1 Å². The van der Waals surface area contributed by atoms with Gasteiger partial charge in [0.05, 0.1) is 12.6 Å². The Bertz CT molecular complexity index is 445. The topological polar surface area (TPSA) is 52.9 Å². The Morgan fingerprint density at radius 1 is 1.69 bits per heavy atom. The van der Waals surface area contributed by atoms with Gasteiger partial charge in [-0.15, -0.1) is 11.3 Å². The predicted molar refractivity (Wildman–Crippen MR) is 65.8 cm³/mol. The number of hydrogen-bond acceptors (Lipinski definition) is 3. The summed E-state index contributed by atoms with van der Waals surface area (Å²) in [5.41, 5.74) is -0.742. The third-order valence-electron chi connectivity index (χ3n) is 2.90. The second-order valence-corrected chi connectivity index (χ2v) is 5.87. The number of thiophene rings is 1. The van der Waals surface area contributed by atoms with Crippen LogP contribution in [-0.2, 0) is 11.3 Å². The number of carbonyl (C=O) groups excluding carboxylic acids is 1. The molecule has 1 amide bonds. The van der Waals surface area contributed by atoms with Crippen LogP contribution < -0.4 is 5.32 Å². The van der Waals surface area contributed by atoms with Gasteiger partial charge < -0.3 is 5.32 Å². The molecule has 0 saturated heterocycles. The maximum atomic E-state index is 11.8. The fourth-order valence-corrected chi connectivity index (χ4v) is 3.09. The van der Waals surface area contributed by atoms with Gasteiger partial charge in [-0.1, -0.05) is 0 Å². The van der Waals surface area contributed by atoms with Gasteiger partial charge in [-0.3, -0.25) is 4.79 Å². The standard InChI is InChI=1S/C11H11BrN2OS/c12-8-4-9(16-6-8)5-14-10(15)11(7-13)2-1-3-11/h4,6H,1-3,5H2,(H,14,15). The van der Waals surface area contributed by atoms with E-state index in [0.717, 1.165) is 15.8 Å². The first-order valence-electron chi connectivity index (χ1n) is 5.09. The van der Waals surface area contributed by atoms with Crippen molar-refractivity contribution in [2.24, 2.45) is 5.41 Å². The molecular formula is C11H11BrN2OS. The van der Waals surface area contributed by atoms with Crippen LogP contribution in [0.2, 0.25) is 0 Å². The van der Waals surface area contributed by atoms with E-state index >= 15 is 0 Å². The molecule has 5 heteroatoms. The summed E-state index contributed by atoms with van der Waals surface area (Å²) < 4.78 is 1.03. The average molecular weight is 299 g/mol. The smallest absolute Gasteiger partial charge is 0.240 e. The van der Waals surface area contributed by atoms with Gasteiger partial charge in [-0.05, 0) is 41.3 Å². The number of nitrogens with zero attached hydrogens (tertiary/aromatic N) is 1. The summed E-state index contributed by atoms with van der Waals surface area (Å²) in [6.45, 7) is 0.512. The van der Waals surface area contributed by atoms with E-state index in [1.165, 1.54) is 0 Å². The van der Waals surface area contributed by atoms with Crippen molar-refractivity contribution >= 4 is 33.2 Å². The molecule has 84 valence electrons. The van der Waals surface area contributed by atoms with Crippen molar-refractivity contribution in [3.8, 4) is 6.07 Å². The van der Waals surface area contributed by atoms with E-state index in [1.807, 2.05) is 11.4 Å². The lowest BCUT2D eigenvalue weighted by Gasteiger charge is -2.33. The number of rotatable bonds is 3. The number of halogens is 1. The van der Waals surface area contributed by atoms with Crippen molar-refractivity contribution in [3.05, 3.63) is 20.8 Å². The van der Waals surface area contributed by atoms with Crippen molar-refractivity contribution in [1.29, 1.82) is 5.26 Å². The van der Waals surface area contributed by atoms with Gasteiger partial charge >= 0.3 is 0 Å². The molecule has 0 aliphatic heterocycles. The zero-order chi connectivity index (χ0) is 11.6. The van der Waals surface area contributed by atoms with Gasteiger partial charge in [0.25, 0.3) is 0 Å². The molecule has 0 aromatic carbocycles. The van der Waals surface area contributed by atoms with Crippen LogP contribution in [0.3, 0.4) is 0 Å². The zero-order valence-electron chi connectivity index (χ0n) is 8.62. The minimum atomic E-state index is -0.742. The first-order valence-corrected chi connectivity index (χ1v) is 6.76. The van der Waals surface area contributed by atoms with Crippen LogP contribution >= 0.6 is 27.3 Å². The van der Waals surface area contributed by atoms with Gasteiger partial charge in [-0.25, -0.2) is 0 Å². The SMILES string of the molecule is N#CC1(C(=O)NCc2cc(Br)cs2)CCC1. The third kappa shape index (κ3) is 2.13. The highest BCUT2D eigenvalue weighted by Gasteiger charge is 2.44. The molecule has 16 heavy (non-hydrogen) atoms. The Hall–Kier alpha value is -0.860. The summed E-state index contributed by atoms with van der Waals surface area (Å²) in [7, 11) is 0. The van der Waals surface area contributed by atoms with Crippen LogP contribution in [0, 0.1) is 16.7 Å². The third-order valence-corrected chi connectivity index (χ3v) is 4.60. The number of carbonyl (C=O) groups is 1. The van der Waals surface area contributed by atoms with Gasteiger partial charge in [-0.2, -0.15) is 5.26 Å². The molecule has 1 N–H and O–H groups in total. The van der Waals surface area contributed by atoms with E-state index in [1.54, 1.807) is 11.3 Å². The molecule has 3 nitrogen and oxygen atoms in total. The van der Waals surface area contributed by atoms with Crippen LogP contribution in [-0.4, -0.2) is 5.91 Å². The van der Waals surface area contributed by atoms with E-state index < -0.39 is 5.41 Å². The number of nitrogens with one attached hydrogen (secondary N) is 1. The Balaban J connectivity index is 1.91. The Labute approximate surface area is 107 Å². The second-order valence-electron chi connectivity index (χ2n) is 3.96. The molecule has 1 saturated carbocycles. The summed E-state index contributed by atoms with van der Waals surface area (Å²) in [5, 5.41) is 13.8. The van der Waals surface area contributed by atoms with Gasteiger partial charge in [0, 0.05) is 14.7 Å². The molecule has 0 bridgehead atoms. The lowest BCUT2D eigenvalue weighted by Crippen LogP contribution is -2.44. The lowest BCUT2D eigenvalue weighted by molar-refractivity contribution is -0.131. The average Bonchev–Trinajstić information content (AvgIpc) is 2.60. The fraction of sp³-hybridized carbons (Fsp3) is 0.455. The lowest BCUT2D eigenvalue weighted by atomic mass is 9.69. The van der Waals surface area contributed by atoms with E-state index in [0.29, 0.717) is 19.4 Å². The molecule has 1 heterocycles. The minimum absolute atomic E-state index is 0.120. The summed E-state index contributed by atoms with van der Waals surface area (Å²) >= 11 is 4.95. The van der Waals surface area contributed by atoms with Crippen molar-refractivity contribution < 1.29 is 4.79 Å². The van der Waals surface area contributed by atoms with Gasteiger partial charge in [0.15, 0.2) is 0 Å². The monoisotopic (exact) mass is 298 g/mol. The van der Waals surface area contributed by atoms with E-state index in [4.69, 9.17) is 5.26 Å². The summed E-state index contributed by atoms with van der Waals surface area (Å²) in [6.07, 6.45) is 2.37. The zero-order valence-corrected chi connectivity index (χ0v) is 11.0.